The second-order valence-electron chi connectivity index (χ2n) is 3.61. The molecule has 0 unspecified atom stereocenters. The summed E-state index contributed by atoms with van der Waals surface area (Å²) in [6, 6.07) is 1.49. The van der Waals surface area contributed by atoms with E-state index >= 15 is 0 Å². The van der Waals surface area contributed by atoms with E-state index in [1.807, 2.05) is 0 Å². The van der Waals surface area contributed by atoms with Crippen molar-refractivity contribution in [3.8, 4) is 0 Å². The Hall–Kier alpha value is -0.870. The third-order valence-corrected chi connectivity index (χ3v) is 3.31. The summed E-state index contributed by atoms with van der Waals surface area (Å²) in [5.41, 5.74) is -0.431. The third kappa shape index (κ3) is 1.58. The standard InChI is InChI=1S/C9H8Cl2N2O2/c10-6-4-5(7(11)13-12-6)9(8(14)15)2-1-3-9/h4H,1-3H2,(H,14,15). The number of carboxylic acid groups (broad SMARTS) is 1. The van der Waals surface area contributed by atoms with Gasteiger partial charge in [0.05, 0.1) is 5.41 Å². The highest BCUT2D eigenvalue weighted by Gasteiger charge is 2.47. The van der Waals surface area contributed by atoms with Gasteiger partial charge in [0.15, 0.2) is 10.3 Å². The molecule has 1 aromatic rings. The molecule has 1 heterocycles. The van der Waals surface area contributed by atoms with Crippen molar-refractivity contribution in [2.45, 2.75) is 24.7 Å². The van der Waals surface area contributed by atoms with E-state index in [4.69, 9.17) is 23.2 Å². The Labute approximate surface area is 96.2 Å². The van der Waals surface area contributed by atoms with E-state index in [-0.39, 0.29) is 10.3 Å². The molecule has 15 heavy (non-hydrogen) atoms. The van der Waals surface area contributed by atoms with Gasteiger partial charge in [0, 0.05) is 5.56 Å². The number of aliphatic carboxylic acids is 1. The minimum absolute atomic E-state index is 0.126. The molecule has 1 fully saturated rings. The fraction of sp³-hybridized carbons (Fsp3) is 0.444. The number of hydrogen-bond acceptors (Lipinski definition) is 3. The molecule has 0 spiro atoms. The normalized spacial score (nSPS) is 18.3. The molecule has 1 saturated carbocycles. The highest BCUT2D eigenvalue weighted by Crippen LogP contribution is 2.46. The summed E-state index contributed by atoms with van der Waals surface area (Å²) in [5, 5.41) is 16.7. The van der Waals surface area contributed by atoms with Crippen LogP contribution in [0.25, 0.3) is 0 Å². The first-order valence-corrected chi connectivity index (χ1v) is 5.24. The molecule has 6 heteroatoms. The van der Waals surface area contributed by atoms with Crippen LogP contribution in [0.15, 0.2) is 6.07 Å². The second kappa shape index (κ2) is 3.61. The van der Waals surface area contributed by atoms with E-state index in [0.29, 0.717) is 18.4 Å². The second-order valence-corrected chi connectivity index (χ2v) is 4.36. The Balaban J connectivity index is 2.51. The van der Waals surface area contributed by atoms with Crippen molar-refractivity contribution < 1.29 is 9.90 Å². The van der Waals surface area contributed by atoms with Crippen molar-refractivity contribution in [3.63, 3.8) is 0 Å². The van der Waals surface area contributed by atoms with Crippen LogP contribution in [0.3, 0.4) is 0 Å². The van der Waals surface area contributed by atoms with Crippen molar-refractivity contribution in [1.29, 1.82) is 0 Å². The lowest BCUT2D eigenvalue weighted by Crippen LogP contribution is -2.42. The molecule has 1 N–H and O–H groups in total. The van der Waals surface area contributed by atoms with Crippen LogP contribution in [0.4, 0.5) is 0 Å². The number of carboxylic acids is 1. The number of aromatic nitrogens is 2. The van der Waals surface area contributed by atoms with Gasteiger partial charge in [0.1, 0.15) is 0 Å². The summed E-state index contributed by atoms with van der Waals surface area (Å²) in [6.07, 6.45) is 2.02. The number of halogens is 2. The Morgan fingerprint density at radius 2 is 2.07 bits per heavy atom. The Kier molecular flexibility index (Phi) is 2.56. The molecule has 1 aromatic heterocycles. The minimum Gasteiger partial charge on any atom is -0.481 e. The highest BCUT2D eigenvalue weighted by atomic mass is 35.5. The van der Waals surface area contributed by atoms with E-state index in [9.17, 15) is 9.90 Å². The van der Waals surface area contributed by atoms with Crippen LogP contribution in [0.1, 0.15) is 24.8 Å². The van der Waals surface area contributed by atoms with Crippen LogP contribution < -0.4 is 0 Å². The topological polar surface area (TPSA) is 63.1 Å². The minimum atomic E-state index is -0.906. The van der Waals surface area contributed by atoms with E-state index in [1.54, 1.807) is 0 Å². The predicted molar refractivity (Wildman–Crippen MR) is 55.2 cm³/mol. The zero-order chi connectivity index (χ0) is 11.1. The van der Waals surface area contributed by atoms with Gasteiger partial charge in [0.2, 0.25) is 0 Å². The largest absolute Gasteiger partial charge is 0.481 e. The monoisotopic (exact) mass is 246 g/mol. The van der Waals surface area contributed by atoms with Crippen LogP contribution in [0.5, 0.6) is 0 Å². The summed E-state index contributed by atoms with van der Waals surface area (Å²) in [5.74, 6) is -0.875. The van der Waals surface area contributed by atoms with E-state index in [2.05, 4.69) is 10.2 Å². The SMILES string of the molecule is O=C(O)C1(c2cc(Cl)nnc2Cl)CCC1. The lowest BCUT2D eigenvalue weighted by atomic mass is 9.65. The van der Waals surface area contributed by atoms with Gasteiger partial charge in [-0.3, -0.25) is 4.79 Å². The van der Waals surface area contributed by atoms with Gasteiger partial charge in [0.25, 0.3) is 0 Å². The smallest absolute Gasteiger partial charge is 0.314 e. The lowest BCUT2D eigenvalue weighted by molar-refractivity contribution is -0.147. The number of hydrogen-bond donors (Lipinski definition) is 1. The van der Waals surface area contributed by atoms with Crippen LogP contribution in [0.2, 0.25) is 10.3 Å². The molecule has 0 amide bonds. The maximum atomic E-state index is 11.2. The zero-order valence-corrected chi connectivity index (χ0v) is 9.22. The molecule has 0 atom stereocenters. The molecule has 0 saturated heterocycles. The van der Waals surface area contributed by atoms with Crippen LogP contribution in [0, 0.1) is 0 Å². The van der Waals surface area contributed by atoms with Crippen molar-refractivity contribution in [2.24, 2.45) is 0 Å². The summed E-state index contributed by atoms with van der Waals surface area (Å²) < 4.78 is 0. The van der Waals surface area contributed by atoms with Crippen molar-refractivity contribution >= 4 is 29.2 Å². The van der Waals surface area contributed by atoms with Gasteiger partial charge < -0.3 is 5.11 Å². The third-order valence-electron chi connectivity index (χ3n) is 2.85. The van der Waals surface area contributed by atoms with Gasteiger partial charge in [-0.2, -0.15) is 0 Å². The number of rotatable bonds is 2. The van der Waals surface area contributed by atoms with Gasteiger partial charge >= 0.3 is 5.97 Å². The summed E-state index contributed by atoms with van der Waals surface area (Å²) in [6.45, 7) is 0. The number of carbonyl (C=O) groups is 1. The van der Waals surface area contributed by atoms with Crippen LogP contribution >= 0.6 is 23.2 Å². The first-order chi connectivity index (χ1) is 7.06. The molecule has 4 nitrogen and oxygen atoms in total. The molecule has 0 bridgehead atoms. The average Bonchev–Trinajstić information content (AvgIpc) is 2.08. The van der Waals surface area contributed by atoms with Crippen LogP contribution in [-0.2, 0) is 10.2 Å². The van der Waals surface area contributed by atoms with E-state index in [0.717, 1.165) is 6.42 Å². The summed E-state index contributed by atoms with van der Waals surface area (Å²) in [7, 11) is 0. The maximum absolute atomic E-state index is 11.2. The van der Waals surface area contributed by atoms with Gasteiger partial charge in [-0.1, -0.05) is 29.6 Å². The Morgan fingerprint density at radius 1 is 1.40 bits per heavy atom. The zero-order valence-electron chi connectivity index (χ0n) is 7.70. The fourth-order valence-corrected chi connectivity index (χ4v) is 2.24. The fourth-order valence-electron chi connectivity index (χ4n) is 1.82. The molecular formula is C9H8Cl2N2O2. The van der Waals surface area contributed by atoms with Gasteiger partial charge in [-0.25, -0.2) is 0 Å². The Bertz CT molecular complexity index is 419. The van der Waals surface area contributed by atoms with Crippen molar-refractivity contribution in [1.82, 2.24) is 10.2 Å². The van der Waals surface area contributed by atoms with E-state index < -0.39 is 11.4 Å². The van der Waals surface area contributed by atoms with Gasteiger partial charge in [-0.15, -0.1) is 10.2 Å². The average molecular weight is 247 g/mol. The molecule has 0 radical (unpaired) electrons. The van der Waals surface area contributed by atoms with Crippen LogP contribution in [-0.4, -0.2) is 21.3 Å². The molecule has 0 aromatic carbocycles. The summed E-state index contributed by atoms with van der Waals surface area (Å²) in [4.78, 5) is 11.2. The van der Waals surface area contributed by atoms with Crippen molar-refractivity contribution in [2.75, 3.05) is 0 Å². The first kappa shape index (κ1) is 10.6. The molecule has 1 aliphatic rings. The van der Waals surface area contributed by atoms with Gasteiger partial charge in [-0.05, 0) is 18.9 Å². The lowest BCUT2D eigenvalue weighted by Gasteiger charge is -2.38. The first-order valence-electron chi connectivity index (χ1n) is 4.49. The van der Waals surface area contributed by atoms with E-state index in [1.165, 1.54) is 6.07 Å². The molecule has 2 rings (SSSR count). The Morgan fingerprint density at radius 3 is 2.53 bits per heavy atom. The molecule has 0 aliphatic heterocycles. The molecular weight excluding hydrogens is 239 g/mol. The summed E-state index contributed by atoms with van der Waals surface area (Å²) >= 11 is 11.5. The maximum Gasteiger partial charge on any atom is 0.314 e. The predicted octanol–water partition coefficient (Wildman–Crippen LogP) is 2.29. The number of nitrogens with zero attached hydrogens (tertiary/aromatic N) is 2. The highest BCUT2D eigenvalue weighted by molar-refractivity contribution is 6.32. The molecule has 1 aliphatic carbocycles. The van der Waals surface area contributed by atoms with Crippen molar-refractivity contribution in [3.05, 3.63) is 21.9 Å². The molecule has 80 valence electrons. The quantitative estimate of drug-likeness (QED) is 0.870.